The summed E-state index contributed by atoms with van der Waals surface area (Å²) < 4.78 is 0. The smallest absolute Gasteiger partial charge is 0.0643 e. The molecule has 10 heavy (non-hydrogen) atoms. The molecule has 0 aromatic rings. The molecule has 0 spiro atoms. The van der Waals surface area contributed by atoms with Gasteiger partial charge in [0.2, 0.25) is 0 Å². The summed E-state index contributed by atoms with van der Waals surface area (Å²) >= 11 is 0. The number of hydrogen-bond donors (Lipinski definition) is 0. The molecule has 0 fully saturated rings. The van der Waals surface area contributed by atoms with E-state index in [4.69, 9.17) is 0 Å². The first-order valence-electron chi connectivity index (χ1n) is 1.73. The van der Waals surface area contributed by atoms with Crippen LogP contribution in [0.3, 0.4) is 0 Å². The molecule has 0 rings (SSSR count). The van der Waals surface area contributed by atoms with E-state index in [0.717, 1.165) is 0 Å². The lowest BCUT2D eigenvalue weighted by molar-refractivity contribution is -0.301. The zero-order chi connectivity index (χ0) is 6.57. The minimum atomic E-state index is -1.55. The lowest BCUT2D eigenvalue weighted by Gasteiger charge is -1.90. The molecule has 0 aromatic heterocycles. The Morgan fingerprint density at radius 3 is 1.20 bits per heavy atom. The number of halogens is 2. The van der Waals surface area contributed by atoms with Crippen LogP contribution >= 0.6 is 0 Å². The van der Waals surface area contributed by atoms with Gasteiger partial charge in [0.15, 0.2) is 0 Å². The zero-order valence-corrected chi connectivity index (χ0v) is 6.06. The van der Waals surface area contributed by atoms with Crippen LogP contribution in [-0.4, -0.2) is 11.9 Å². The zero-order valence-electron chi connectivity index (χ0n) is 4.54. The topological polar surface area (TPSA) is 80.3 Å². The number of aliphatic carboxylic acids is 2. The molecule has 0 N–H and O–H groups in total. The van der Waals surface area contributed by atoms with Crippen molar-refractivity contribution in [2.24, 2.45) is 0 Å². The van der Waals surface area contributed by atoms with Crippen molar-refractivity contribution in [2.45, 2.75) is 0 Å². The molecule has 0 radical (unpaired) electrons. The summed E-state index contributed by atoms with van der Waals surface area (Å²) in [6.45, 7) is 0. The fraction of sp³-hybridized carbons (Fsp3) is 0. The first-order valence-corrected chi connectivity index (χ1v) is 1.73. The lowest BCUT2D eigenvalue weighted by atomic mass is 10.5. The fourth-order valence-corrected chi connectivity index (χ4v) is 0.136. The second-order valence-corrected chi connectivity index (χ2v) is 0.971. The third kappa shape index (κ3) is 15.7. The quantitative estimate of drug-likeness (QED) is 0.400. The SMILES string of the molecule is O=C([O-])/C=C/C(=O)[O-].[Cl-].[Cl-]. The highest BCUT2D eigenvalue weighted by atomic mass is 35.5. The summed E-state index contributed by atoms with van der Waals surface area (Å²) in [5.74, 6) is -3.09. The van der Waals surface area contributed by atoms with Gasteiger partial charge in [-0.15, -0.1) is 0 Å². The highest BCUT2D eigenvalue weighted by molar-refractivity contribution is 5.87. The molecule has 0 saturated heterocycles. The number of carboxylic acid groups (broad SMARTS) is 2. The molecular weight excluding hydrogens is 183 g/mol. The van der Waals surface area contributed by atoms with Gasteiger partial charge >= 0.3 is 0 Å². The Morgan fingerprint density at radius 2 is 1.10 bits per heavy atom. The molecular formula is C4H2Cl2O4-4. The molecule has 0 amide bonds. The molecule has 0 aliphatic heterocycles. The molecule has 6 heteroatoms. The monoisotopic (exact) mass is 184 g/mol. The third-order valence-corrected chi connectivity index (χ3v) is 0.355. The normalized spacial score (nSPS) is 7.60. The molecule has 0 aromatic carbocycles. The van der Waals surface area contributed by atoms with Gasteiger partial charge in [-0.05, 0) is 12.2 Å². The summed E-state index contributed by atoms with van der Waals surface area (Å²) in [4.78, 5) is 18.8. The molecule has 0 aliphatic carbocycles. The van der Waals surface area contributed by atoms with Crippen LogP contribution in [0.25, 0.3) is 0 Å². The standard InChI is InChI=1S/C4H4O4.2ClH/c5-3(6)1-2-4(7)8;;/h1-2H,(H,5,6)(H,7,8);2*1H/p-4/b2-1+;;. The van der Waals surface area contributed by atoms with Crippen LogP contribution in [0.1, 0.15) is 0 Å². The average Bonchev–Trinajstić information content (AvgIpc) is 1.61. The van der Waals surface area contributed by atoms with Gasteiger partial charge in [0, 0.05) is 0 Å². The summed E-state index contributed by atoms with van der Waals surface area (Å²) in [5, 5.41) is 18.8. The number of carbonyl (C=O) groups is 2. The predicted molar refractivity (Wildman–Crippen MR) is 19.2 cm³/mol. The summed E-state index contributed by atoms with van der Waals surface area (Å²) in [7, 11) is 0. The van der Waals surface area contributed by atoms with Crippen molar-refractivity contribution in [3.8, 4) is 0 Å². The van der Waals surface area contributed by atoms with Crippen molar-refractivity contribution in [1.29, 1.82) is 0 Å². The maximum atomic E-state index is 9.41. The van der Waals surface area contributed by atoms with Crippen LogP contribution in [0.2, 0.25) is 0 Å². The highest BCUT2D eigenvalue weighted by Crippen LogP contribution is 1.64. The van der Waals surface area contributed by atoms with E-state index >= 15 is 0 Å². The summed E-state index contributed by atoms with van der Waals surface area (Å²) in [5.41, 5.74) is 0. The van der Waals surface area contributed by atoms with Crippen LogP contribution in [0, 0.1) is 0 Å². The largest absolute Gasteiger partial charge is 1.00 e. The molecule has 0 bridgehead atoms. The molecule has 0 heterocycles. The maximum absolute atomic E-state index is 9.41. The first-order chi connectivity index (χ1) is 3.63. The van der Waals surface area contributed by atoms with Gasteiger partial charge in [-0.25, -0.2) is 0 Å². The van der Waals surface area contributed by atoms with Crippen molar-refractivity contribution in [3.05, 3.63) is 12.2 Å². The van der Waals surface area contributed by atoms with E-state index in [1.807, 2.05) is 0 Å². The van der Waals surface area contributed by atoms with Gasteiger partial charge in [0.25, 0.3) is 0 Å². The van der Waals surface area contributed by atoms with Gasteiger partial charge in [-0.2, -0.15) is 0 Å². The summed E-state index contributed by atoms with van der Waals surface area (Å²) in [6, 6.07) is 0. The van der Waals surface area contributed by atoms with Gasteiger partial charge in [0.1, 0.15) is 0 Å². The average molecular weight is 185 g/mol. The Labute approximate surface area is 69.4 Å². The minimum absolute atomic E-state index is 0. The van der Waals surface area contributed by atoms with E-state index in [1.165, 1.54) is 0 Å². The van der Waals surface area contributed by atoms with E-state index in [9.17, 15) is 19.8 Å². The Hall–Kier alpha value is -0.740. The Kier molecular flexibility index (Phi) is 13.3. The van der Waals surface area contributed by atoms with Crippen molar-refractivity contribution in [1.82, 2.24) is 0 Å². The van der Waals surface area contributed by atoms with Crippen LogP contribution in [0.15, 0.2) is 12.2 Å². The second kappa shape index (κ2) is 8.26. The number of carbonyl (C=O) groups excluding carboxylic acids is 2. The van der Waals surface area contributed by atoms with Crippen molar-refractivity contribution >= 4 is 11.9 Å². The van der Waals surface area contributed by atoms with Gasteiger partial charge in [-0.1, -0.05) is 0 Å². The molecule has 60 valence electrons. The van der Waals surface area contributed by atoms with Gasteiger partial charge in [0.05, 0.1) is 11.9 Å². The fourth-order valence-electron chi connectivity index (χ4n) is 0.136. The van der Waals surface area contributed by atoms with Crippen molar-refractivity contribution in [3.63, 3.8) is 0 Å². The lowest BCUT2D eigenvalue weighted by Crippen LogP contribution is -3.00. The Balaban J connectivity index is -0.000000245. The molecule has 4 nitrogen and oxygen atoms in total. The number of rotatable bonds is 2. The molecule has 0 unspecified atom stereocenters. The Morgan fingerprint density at radius 1 is 0.900 bits per heavy atom. The molecule has 0 atom stereocenters. The molecule has 0 saturated carbocycles. The highest BCUT2D eigenvalue weighted by Gasteiger charge is 1.70. The second-order valence-electron chi connectivity index (χ2n) is 0.971. The van der Waals surface area contributed by atoms with E-state index < -0.39 is 11.9 Å². The van der Waals surface area contributed by atoms with Gasteiger partial charge in [-0.3, -0.25) is 0 Å². The Bertz CT molecular complexity index is 126. The molecule has 0 aliphatic rings. The van der Waals surface area contributed by atoms with Crippen LogP contribution in [0.4, 0.5) is 0 Å². The van der Waals surface area contributed by atoms with E-state index in [0.29, 0.717) is 12.2 Å². The van der Waals surface area contributed by atoms with E-state index in [2.05, 4.69) is 0 Å². The van der Waals surface area contributed by atoms with Crippen LogP contribution in [0.5, 0.6) is 0 Å². The van der Waals surface area contributed by atoms with Crippen molar-refractivity contribution in [2.75, 3.05) is 0 Å². The third-order valence-electron chi connectivity index (χ3n) is 0.355. The number of hydrogen-bond acceptors (Lipinski definition) is 4. The predicted octanol–water partition coefficient (Wildman–Crippen LogP) is -8.95. The van der Waals surface area contributed by atoms with E-state index in [-0.39, 0.29) is 24.8 Å². The first kappa shape index (κ1) is 16.1. The van der Waals surface area contributed by atoms with Crippen LogP contribution < -0.4 is 35.0 Å². The summed E-state index contributed by atoms with van der Waals surface area (Å²) in [6.07, 6.45) is 0.769. The van der Waals surface area contributed by atoms with Crippen molar-refractivity contribution < 1.29 is 44.6 Å². The van der Waals surface area contributed by atoms with Gasteiger partial charge < -0.3 is 44.6 Å². The maximum Gasteiger partial charge on any atom is 0.0643 e. The minimum Gasteiger partial charge on any atom is -1.00 e. The van der Waals surface area contributed by atoms with Crippen LogP contribution in [-0.2, 0) is 9.59 Å². The number of carboxylic acids is 2. The van der Waals surface area contributed by atoms with E-state index in [1.54, 1.807) is 0 Å².